The Kier molecular flexibility index (Phi) is 4.22. The van der Waals surface area contributed by atoms with Crippen molar-refractivity contribution in [3.8, 4) is 0 Å². The normalized spacial score (nSPS) is 11.8. The van der Waals surface area contributed by atoms with Crippen molar-refractivity contribution in [3.63, 3.8) is 0 Å². The van der Waals surface area contributed by atoms with E-state index >= 15 is 0 Å². The van der Waals surface area contributed by atoms with Crippen molar-refractivity contribution >= 4 is 17.2 Å². The summed E-state index contributed by atoms with van der Waals surface area (Å²) < 4.78 is 48.3. The number of halogens is 4. The first-order valence-electron chi connectivity index (χ1n) is 4.26. The Bertz CT molecular complexity index is 342. The SMILES string of the molecule is O=C(NCCc1cscn1)C(F)(F)C(F)F. The van der Waals surface area contributed by atoms with E-state index in [-0.39, 0.29) is 13.0 Å². The largest absolute Gasteiger partial charge is 0.383 e. The first kappa shape index (κ1) is 12.9. The van der Waals surface area contributed by atoms with Gasteiger partial charge in [-0.05, 0) is 0 Å². The number of carbonyl (C=O) groups excluding carboxylic acids is 1. The molecule has 1 N–H and O–H groups in total. The lowest BCUT2D eigenvalue weighted by Gasteiger charge is -2.14. The summed E-state index contributed by atoms with van der Waals surface area (Å²) in [6.07, 6.45) is -3.76. The van der Waals surface area contributed by atoms with Gasteiger partial charge in [-0.15, -0.1) is 11.3 Å². The fourth-order valence-electron chi connectivity index (χ4n) is 0.882. The van der Waals surface area contributed by atoms with Crippen LogP contribution >= 0.6 is 11.3 Å². The monoisotopic (exact) mass is 256 g/mol. The quantitative estimate of drug-likeness (QED) is 0.815. The minimum atomic E-state index is -4.64. The fraction of sp³-hybridized carbons (Fsp3) is 0.500. The number of hydrogen-bond acceptors (Lipinski definition) is 3. The van der Waals surface area contributed by atoms with Crippen molar-refractivity contribution in [2.75, 3.05) is 6.54 Å². The molecule has 0 saturated heterocycles. The van der Waals surface area contributed by atoms with Crippen LogP contribution in [-0.2, 0) is 11.2 Å². The topological polar surface area (TPSA) is 42.0 Å². The van der Waals surface area contributed by atoms with E-state index in [1.807, 2.05) is 0 Å². The third-order valence-electron chi connectivity index (χ3n) is 1.73. The van der Waals surface area contributed by atoms with Gasteiger partial charge < -0.3 is 5.32 Å². The highest BCUT2D eigenvalue weighted by molar-refractivity contribution is 7.07. The second-order valence-electron chi connectivity index (χ2n) is 2.91. The summed E-state index contributed by atoms with van der Waals surface area (Å²) in [7, 11) is 0. The third kappa shape index (κ3) is 3.16. The zero-order chi connectivity index (χ0) is 12.2. The summed E-state index contributed by atoms with van der Waals surface area (Å²) in [4.78, 5) is 14.5. The molecule has 16 heavy (non-hydrogen) atoms. The summed E-state index contributed by atoms with van der Waals surface area (Å²) >= 11 is 1.32. The van der Waals surface area contributed by atoms with Crippen molar-refractivity contribution in [2.24, 2.45) is 0 Å². The van der Waals surface area contributed by atoms with Gasteiger partial charge in [0.1, 0.15) is 0 Å². The number of rotatable bonds is 5. The fourth-order valence-corrected chi connectivity index (χ4v) is 1.47. The molecule has 0 unspecified atom stereocenters. The molecule has 0 aliphatic rings. The number of nitrogens with one attached hydrogen (secondary N) is 1. The molecule has 3 nitrogen and oxygen atoms in total. The van der Waals surface area contributed by atoms with Gasteiger partial charge in [0.05, 0.1) is 11.2 Å². The Morgan fingerprint density at radius 2 is 2.25 bits per heavy atom. The molecule has 0 aromatic carbocycles. The predicted octanol–water partition coefficient (Wildman–Crippen LogP) is 1.70. The van der Waals surface area contributed by atoms with Crippen LogP contribution in [0.15, 0.2) is 10.9 Å². The van der Waals surface area contributed by atoms with E-state index in [2.05, 4.69) is 4.98 Å². The number of nitrogens with zero attached hydrogens (tertiary/aromatic N) is 1. The van der Waals surface area contributed by atoms with Crippen LogP contribution < -0.4 is 5.32 Å². The molecule has 1 aromatic rings. The third-order valence-corrected chi connectivity index (χ3v) is 2.36. The van der Waals surface area contributed by atoms with Gasteiger partial charge in [0, 0.05) is 18.3 Å². The molecule has 0 spiro atoms. The second-order valence-corrected chi connectivity index (χ2v) is 3.63. The van der Waals surface area contributed by atoms with Crippen molar-refractivity contribution < 1.29 is 22.4 Å². The van der Waals surface area contributed by atoms with Crippen LogP contribution in [0.1, 0.15) is 5.69 Å². The molecule has 1 amide bonds. The van der Waals surface area contributed by atoms with E-state index in [9.17, 15) is 22.4 Å². The van der Waals surface area contributed by atoms with Gasteiger partial charge in [-0.25, -0.2) is 13.8 Å². The van der Waals surface area contributed by atoms with Crippen molar-refractivity contribution in [1.82, 2.24) is 10.3 Å². The minimum Gasteiger partial charge on any atom is -0.350 e. The Morgan fingerprint density at radius 3 is 2.75 bits per heavy atom. The van der Waals surface area contributed by atoms with Gasteiger partial charge >= 0.3 is 12.3 Å². The predicted molar refractivity (Wildman–Crippen MR) is 49.8 cm³/mol. The number of alkyl halides is 4. The highest BCUT2D eigenvalue weighted by Crippen LogP contribution is 2.22. The Balaban J connectivity index is 2.36. The Hall–Kier alpha value is -1.18. The lowest BCUT2D eigenvalue weighted by atomic mass is 10.3. The minimum absolute atomic E-state index is 0.148. The molecule has 0 fully saturated rings. The Morgan fingerprint density at radius 1 is 1.56 bits per heavy atom. The molecule has 0 saturated carbocycles. The van der Waals surface area contributed by atoms with Gasteiger partial charge in [0.2, 0.25) is 0 Å². The van der Waals surface area contributed by atoms with E-state index in [0.29, 0.717) is 5.69 Å². The van der Waals surface area contributed by atoms with E-state index in [4.69, 9.17) is 0 Å². The first-order chi connectivity index (χ1) is 7.44. The summed E-state index contributed by atoms with van der Waals surface area (Å²) in [5.74, 6) is -6.60. The van der Waals surface area contributed by atoms with Crippen LogP contribution in [0.5, 0.6) is 0 Å². The summed E-state index contributed by atoms with van der Waals surface area (Å²) in [6.45, 7) is -0.148. The molecule has 1 aromatic heterocycles. The average Bonchev–Trinajstić information content (AvgIpc) is 2.70. The molecular weight excluding hydrogens is 248 g/mol. The molecule has 90 valence electrons. The lowest BCUT2D eigenvalue weighted by molar-refractivity contribution is -0.169. The second kappa shape index (κ2) is 5.24. The molecule has 1 rings (SSSR count). The van der Waals surface area contributed by atoms with E-state index in [1.54, 1.807) is 16.2 Å². The molecule has 8 heteroatoms. The van der Waals surface area contributed by atoms with Crippen LogP contribution in [0.3, 0.4) is 0 Å². The number of hydrogen-bond donors (Lipinski definition) is 1. The summed E-state index contributed by atoms with van der Waals surface area (Å²) in [6, 6.07) is 0. The maximum Gasteiger partial charge on any atom is 0.383 e. The van der Waals surface area contributed by atoms with Gasteiger partial charge in [-0.1, -0.05) is 0 Å². The van der Waals surface area contributed by atoms with Gasteiger partial charge in [0.15, 0.2) is 0 Å². The molecule has 0 atom stereocenters. The number of carbonyl (C=O) groups is 1. The lowest BCUT2D eigenvalue weighted by Crippen LogP contribution is -2.45. The van der Waals surface area contributed by atoms with E-state index in [0.717, 1.165) is 0 Å². The van der Waals surface area contributed by atoms with Gasteiger partial charge in [-0.3, -0.25) is 4.79 Å². The highest BCUT2D eigenvalue weighted by Gasteiger charge is 2.48. The number of amides is 1. The zero-order valence-corrected chi connectivity index (χ0v) is 8.74. The highest BCUT2D eigenvalue weighted by atomic mass is 32.1. The van der Waals surface area contributed by atoms with Crippen molar-refractivity contribution in [3.05, 3.63) is 16.6 Å². The van der Waals surface area contributed by atoms with Gasteiger partial charge in [0.25, 0.3) is 5.91 Å². The van der Waals surface area contributed by atoms with Crippen molar-refractivity contribution in [2.45, 2.75) is 18.8 Å². The molecule has 0 radical (unpaired) electrons. The molecule has 0 aliphatic heterocycles. The average molecular weight is 256 g/mol. The standard InChI is InChI=1S/C8H8F4N2OS/c9-6(10)8(11,12)7(15)13-2-1-5-3-16-4-14-5/h3-4,6H,1-2H2,(H,13,15). The Labute approximate surface area is 92.5 Å². The van der Waals surface area contributed by atoms with E-state index in [1.165, 1.54) is 11.3 Å². The molecular formula is C8H8F4N2OS. The molecule has 1 heterocycles. The first-order valence-corrected chi connectivity index (χ1v) is 5.20. The zero-order valence-electron chi connectivity index (χ0n) is 7.92. The summed E-state index contributed by atoms with van der Waals surface area (Å²) in [5.41, 5.74) is 2.16. The van der Waals surface area contributed by atoms with Crippen molar-refractivity contribution in [1.29, 1.82) is 0 Å². The smallest absolute Gasteiger partial charge is 0.350 e. The maximum atomic E-state index is 12.4. The van der Waals surface area contributed by atoms with Crippen LogP contribution in [-0.4, -0.2) is 29.8 Å². The van der Waals surface area contributed by atoms with Crippen LogP contribution in [0.2, 0.25) is 0 Å². The molecule has 0 bridgehead atoms. The van der Waals surface area contributed by atoms with E-state index < -0.39 is 18.3 Å². The summed E-state index contributed by atoms with van der Waals surface area (Å²) in [5, 5.41) is 3.42. The van der Waals surface area contributed by atoms with Gasteiger partial charge in [-0.2, -0.15) is 8.78 Å². The maximum absolute atomic E-state index is 12.4. The van der Waals surface area contributed by atoms with Crippen LogP contribution in [0.4, 0.5) is 17.6 Å². The number of thiazole rings is 1. The molecule has 0 aliphatic carbocycles. The number of aromatic nitrogens is 1. The van der Waals surface area contributed by atoms with Crippen LogP contribution in [0, 0.1) is 0 Å². The van der Waals surface area contributed by atoms with Crippen LogP contribution in [0.25, 0.3) is 0 Å².